The highest BCUT2D eigenvalue weighted by molar-refractivity contribution is 5.93. The molecule has 1 fully saturated rings. The lowest BCUT2D eigenvalue weighted by Crippen LogP contribution is -2.46. The van der Waals surface area contributed by atoms with Crippen LogP contribution in [0.4, 0.5) is 0 Å². The fourth-order valence-corrected chi connectivity index (χ4v) is 3.21. The summed E-state index contributed by atoms with van der Waals surface area (Å²) >= 11 is 0. The Labute approximate surface area is 131 Å². The summed E-state index contributed by atoms with van der Waals surface area (Å²) in [5, 5.41) is 0. The lowest BCUT2D eigenvalue weighted by Gasteiger charge is -2.21. The van der Waals surface area contributed by atoms with Crippen LogP contribution in [0.1, 0.15) is 35.2 Å². The van der Waals surface area contributed by atoms with E-state index in [-0.39, 0.29) is 5.91 Å². The van der Waals surface area contributed by atoms with Gasteiger partial charge in [-0.05, 0) is 42.9 Å². The first kappa shape index (κ1) is 14.8. The molecule has 0 aromatic heterocycles. The van der Waals surface area contributed by atoms with Crippen molar-refractivity contribution in [1.82, 2.24) is 10.9 Å². The number of carbonyl (C=O) groups excluding carboxylic acids is 1. The van der Waals surface area contributed by atoms with Crippen molar-refractivity contribution < 1.29 is 4.79 Å². The SMILES string of the molecule is O=C(NN[C@H]1CCC[C@H]1Cc1ccccc1)c1ccccc1. The number of rotatable bonds is 5. The van der Waals surface area contributed by atoms with Gasteiger partial charge in [0.15, 0.2) is 0 Å². The van der Waals surface area contributed by atoms with Gasteiger partial charge in [-0.25, -0.2) is 5.43 Å². The molecule has 0 heterocycles. The lowest BCUT2D eigenvalue weighted by molar-refractivity contribution is 0.0920. The predicted octanol–water partition coefficient (Wildman–Crippen LogP) is 3.33. The fraction of sp³-hybridized carbons (Fsp3) is 0.316. The lowest BCUT2D eigenvalue weighted by atomic mass is 9.95. The van der Waals surface area contributed by atoms with Crippen molar-refractivity contribution in [2.24, 2.45) is 5.92 Å². The fourth-order valence-electron chi connectivity index (χ4n) is 3.21. The van der Waals surface area contributed by atoms with Crippen LogP contribution in [-0.4, -0.2) is 11.9 Å². The first-order valence-corrected chi connectivity index (χ1v) is 7.98. The Hall–Kier alpha value is -2.13. The second-order valence-electron chi connectivity index (χ2n) is 5.95. The topological polar surface area (TPSA) is 41.1 Å². The quantitative estimate of drug-likeness (QED) is 0.831. The molecule has 0 aliphatic heterocycles. The van der Waals surface area contributed by atoms with Gasteiger partial charge in [0.1, 0.15) is 0 Å². The number of hydrazine groups is 1. The maximum Gasteiger partial charge on any atom is 0.265 e. The van der Waals surface area contributed by atoms with Gasteiger partial charge in [-0.2, -0.15) is 0 Å². The number of carbonyl (C=O) groups is 1. The van der Waals surface area contributed by atoms with Crippen LogP contribution in [0.15, 0.2) is 60.7 Å². The molecule has 2 aromatic rings. The summed E-state index contributed by atoms with van der Waals surface area (Å²) in [4.78, 5) is 12.1. The number of nitrogens with one attached hydrogen (secondary N) is 2. The number of benzene rings is 2. The highest BCUT2D eigenvalue weighted by Crippen LogP contribution is 2.28. The van der Waals surface area contributed by atoms with Crippen LogP contribution in [0.3, 0.4) is 0 Å². The van der Waals surface area contributed by atoms with E-state index >= 15 is 0 Å². The van der Waals surface area contributed by atoms with Crippen LogP contribution in [0.2, 0.25) is 0 Å². The summed E-state index contributed by atoms with van der Waals surface area (Å²) in [5.41, 5.74) is 8.18. The Balaban J connectivity index is 1.54. The van der Waals surface area contributed by atoms with Crippen molar-refractivity contribution >= 4 is 5.91 Å². The molecule has 114 valence electrons. The summed E-state index contributed by atoms with van der Waals surface area (Å²) < 4.78 is 0. The molecular weight excluding hydrogens is 272 g/mol. The van der Waals surface area contributed by atoms with E-state index in [4.69, 9.17) is 0 Å². The van der Waals surface area contributed by atoms with Gasteiger partial charge in [-0.15, -0.1) is 0 Å². The van der Waals surface area contributed by atoms with Crippen molar-refractivity contribution in [2.75, 3.05) is 0 Å². The van der Waals surface area contributed by atoms with E-state index in [0.717, 1.165) is 12.8 Å². The van der Waals surface area contributed by atoms with E-state index in [1.165, 1.54) is 18.4 Å². The molecule has 2 aromatic carbocycles. The Morgan fingerprint density at radius 2 is 1.64 bits per heavy atom. The first-order valence-electron chi connectivity index (χ1n) is 7.98. The van der Waals surface area contributed by atoms with Crippen LogP contribution < -0.4 is 10.9 Å². The monoisotopic (exact) mass is 294 g/mol. The van der Waals surface area contributed by atoms with E-state index in [2.05, 4.69) is 35.1 Å². The molecule has 0 bridgehead atoms. The third-order valence-corrected chi connectivity index (χ3v) is 4.41. The smallest absolute Gasteiger partial charge is 0.265 e. The van der Waals surface area contributed by atoms with Crippen LogP contribution in [0.5, 0.6) is 0 Å². The minimum atomic E-state index is -0.0639. The second kappa shape index (κ2) is 7.23. The van der Waals surface area contributed by atoms with Crippen LogP contribution >= 0.6 is 0 Å². The zero-order valence-corrected chi connectivity index (χ0v) is 12.7. The summed E-state index contributed by atoms with van der Waals surface area (Å²) in [7, 11) is 0. The molecule has 3 rings (SSSR count). The molecule has 0 saturated heterocycles. The summed E-state index contributed by atoms with van der Waals surface area (Å²) in [5.74, 6) is 0.518. The van der Waals surface area contributed by atoms with E-state index in [9.17, 15) is 4.79 Å². The van der Waals surface area contributed by atoms with E-state index in [1.807, 2.05) is 36.4 Å². The average molecular weight is 294 g/mol. The largest absolute Gasteiger partial charge is 0.287 e. The van der Waals surface area contributed by atoms with Gasteiger partial charge in [0, 0.05) is 11.6 Å². The molecule has 0 unspecified atom stereocenters. The van der Waals surface area contributed by atoms with Gasteiger partial charge in [-0.3, -0.25) is 10.2 Å². The Bertz CT molecular complexity index is 597. The zero-order valence-electron chi connectivity index (χ0n) is 12.7. The van der Waals surface area contributed by atoms with E-state index < -0.39 is 0 Å². The van der Waals surface area contributed by atoms with Crippen molar-refractivity contribution in [3.8, 4) is 0 Å². The van der Waals surface area contributed by atoms with Crippen molar-refractivity contribution in [3.05, 3.63) is 71.8 Å². The van der Waals surface area contributed by atoms with E-state index in [1.54, 1.807) is 0 Å². The third-order valence-electron chi connectivity index (χ3n) is 4.41. The Morgan fingerprint density at radius 3 is 2.36 bits per heavy atom. The minimum Gasteiger partial charge on any atom is -0.287 e. The van der Waals surface area contributed by atoms with Gasteiger partial charge >= 0.3 is 0 Å². The van der Waals surface area contributed by atoms with Gasteiger partial charge in [-0.1, -0.05) is 55.0 Å². The molecule has 1 aliphatic carbocycles. The molecule has 1 amide bonds. The Morgan fingerprint density at radius 1 is 0.955 bits per heavy atom. The standard InChI is InChI=1S/C19H22N2O/c22-19(16-10-5-2-6-11-16)21-20-18-13-7-12-17(18)14-15-8-3-1-4-9-15/h1-6,8-11,17-18,20H,7,12-14H2,(H,21,22)/t17-,18-/m0/s1. The summed E-state index contributed by atoms with van der Waals surface area (Å²) in [6, 6.07) is 20.3. The first-order chi connectivity index (χ1) is 10.8. The molecule has 1 saturated carbocycles. The number of amides is 1. The normalized spacial score (nSPS) is 20.7. The highest BCUT2D eigenvalue weighted by atomic mass is 16.2. The summed E-state index contributed by atoms with van der Waals surface area (Å²) in [6.07, 6.45) is 4.62. The molecule has 2 N–H and O–H groups in total. The van der Waals surface area contributed by atoms with Crippen LogP contribution in [0, 0.1) is 5.92 Å². The number of hydrogen-bond donors (Lipinski definition) is 2. The molecule has 3 heteroatoms. The molecule has 0 spiro atoms. The van der Waals surface area contributed by atoms with E-state index in [0.29, 0.717) is 17.5 Å². The molecule has 22 heavy (non-hydrogen) atoms. The van der Waals surface area contributed by atoms with Gasteiger partial charge in [0.25, 0.3) is 5.91 Å². The zero-order chi connectivity index (χ0) is 15.2. The van der Waals surface area contributed by atoms with Gasteiger partial charge in [0.05, 0.1) is 0 Å². The molecule has 3 nitrogen and oxygen atoms in total. The minimum absolute atomic E-state index is 0.0639. The molecule has 1 aliphatic rings. The maximum atomic E-state index is 12.1. The van der Waals surface area contributed by atoms with Crippen LogP contribution in [0.25, 0.3) is 0 Å². The number of hydrogen-bond acceptors (Lipinski definition) is 2. The molecular formula is C19H22N2O. The highest BCUT2D eigenvalue weighted by Gasteiger charge is 2.27. The Kier molecular flexibility index (Phi) is 4.86. The van der Waals surface area contributed by atoms with Crippen molar-refractivity contribution in [3.63, 3.8) is 0 Å². The summed E-state index contributed by atoms with van der Waals surface area (Å²) in [6.45, 7) is 0. The second-order valence-corrected chi connectivity index (χ2v) is 5.95. The van der Waals surface area contributed by atoms with Gasteiger partial charge < -0.3 is 0 Å². The maximum absolute atomic E-state index is 12.1. The predicted molar refractivity (Wildman–Crippen MR) is 88.3 cm³/mol. The van der Waals surface area contributed by atoms with Crippen LogP contribution in [-0.2, 0) is 6.42 Å². The van der Waals surface area contributed by atoms with Crippen molar-refractivity contribution in [1.29, 1.82) is 0 Å². The molecule has 0 radical (unpaired) electrons. The van der Waals surface area contributed by atoms with Crippen molar-refractivity contribution in [2.45, 2.75) is 31.7 Å². The van der Waals surface area contributed by atoms with Gasteiger partial charge in [0.2, 0.25) is 0 Å². The average Bonchev–Trinajstić information content (AvgIpc) is 3.01. The third kappa shape index (κ3) is 3.74. The molecule has 2 atom stereocenters.